The number of nitrogens with zero attached hydrogens (tertiary/aromatic N) is 2. The van der Waals surface area contributed by atoms with Gasteiger partial charge in [0.15, 0.2) is 0 Å². The first-order chi connectivity index (χ1) is 11.1. The lowest BCUT2D eigenvalue weighted by atomic mass is 10.2. The van der Waals surface area contributed by atoms with E-state index in [4.69, 9.17) is 5.26 Å². The number of aryl methyl sites for hydroxylation is 1. The molecule has 0 spiro atoms. The van der Waals surface area contributed by atoms with Crippen LogP contribution in [-0.2, 0) is 0 Å². The van der Waals surface area contributed by atoms with Crippen LogP contribution in [0.3, 0.4) is 0 Å². The fraction of sp³-hybridized carbons (Fsp3) is 0.235. The molecule has 0 atom stereocenters. The topological polar surface area (TPSA) is 77.8 Å². The van der Waals surface area contributed by atoms with Crippen molar-refractivity contribution in [2.75, 3.05) is 18.4 Å². The van der Waals surface area contributed by atoms with E-state index in [1.807, 2.05) is 25.1 Å². The summed E-state index contributed by atoms with van der Waals surface area (Å²) in [4.78, 5) is 16.0. The van der Waals surface area contributed by atoms with Crippen molar-refractivity contribution in [2.45, 2.75) is 13.3 Å². The summed E-state index contributed by atoms with van der Waals surface area (Å²) in [6.45, 7) is 2.94. The summed E-state index contributed by atoms with van der Waals surface area (Å²) in [5.74, 6) is 0.0373. The summed E-state index contributed by atoms with van der Waals surface area (Å²) in [6.07, 6.45) is 0.699. The summed E-state index contributed by atoms with van der Waals surface area (Å²) in [5, 5.41) is 14.8. The first-order valence-electron chi connectivity index (χ1n) is 7.25. The van der Waals surface area contributed by atoms with E-state index in [1.54, 1.807) is 0 Å². The van der Waals surface area contributed by atoms with Gasteiger partial charge in [-0.2, -0.15) is 5.26 Å². The number of carbonyl (C=O) groups is 1. The van der Waals surface area contributed by atoms with E-state index in [0.29, 0.717) is 36.6 Å². The summed E-state index contributed by atoms with van der Waals surface area (Å²) < 4.78 is 12.8. The van der Waals surface area contributed by atoms with Crippen LogP contribution in [0, 0.1) is 24.1 Å². The number of carbonyl (C=O) groups excluding carboxylic acids is 1. The fourth-order valence-corrected chi connectivity index (χ4v) is 1.95. The van der Waals surface area contributed by atoms with E-state index < -0.39 is 0 Å². The highest BCUT2D eigenvalue weighted by Gasteiger charge is 2.04. The Morgan fingerprint density at radius 1 is 1.22 bits per heavy atom. The number of pyridine rings is 1. The Labute approximate surface area is 134 Å². The Balaban J connectivity index is 1.72. The van der Waals surface area contributed by atoms with Crippen LogP contribution in [0.1, 0.15) is 28.0 Å². The summed E-state index contributed by atoms with van der Waals surface area (Å²) in [7, 11) is 0. The highest BCUT2D eigenvalue weighted by Crippen LogP contribution is 2.09. The van der Waals surface area contributed by atoms with E-state index in [2.05, 4.69) is 15.6 Å². The summed E-state index contributed by atoms with van der Waals surface area (Å²) >= 11 is 0. The molecule has 0 aliphatic rings. The fourth-order valence-electron chi connectivity index (χ4n) is 1.95. The smallest absolute Gasteiger partial charge is 0.251 e. The number of anilines is 1. The molecular weight excluding hydrogens is 295 g/mol. The van der Waals surface area contributed by atoms with Crippen LogP contribution < -0.4 is 10.6 Å². The number of hydrogen-bond acceptors (Lipinski definition) is 4. The van der Waals surface area contributed by atoms with Gasteiger partial charge in [0, 0.05) is 18.7 Å². The van der Waals surface area contributed by atoms with Gasteiger partial charge < -0.3 is 10.6 Å². The number of amides is 1. The SMILES string of the molecule is Cc1ccc(NCCCNC(=O)c2ccc(F)cc2)nc1C#N. The van der Waals surface area contributed by atoms with Crippen LogP contribution in [0.4, 0.5) is 10.2 Å². The number of hydrogen-bond donors (Lipinski definition) is 2. The van der Waals surface area contributed by atoms with E-state index in [0.717, 1.165) is 5.56 Å². The van der Waals surface area contributed by atoms with Gasteiger partial charge in [-0.3, -0.25) is 4.79 Å². The molecule has 0 aliphatic heterocycles. The van der Waals surface area contributed by atoms with Gasteiger partial charge in [0.2, 0.25) is 0 Å². The second-order valence-corrected chi connectivity index (χ2v) is 5.02. The van der Waals surface area contributed by atoms with Gasteiger partial charge in [-0.15, -0.1) is 0 Å². The van der Waals surface area contributed by atoms with E-state index in [1.165, 1.54) is 24.3 Å². The molecule has 1 amide bonds. The monoisotopic (exact) mass is 312 g/mol. The van der Waals surface area contributed by atoms with Gasteiger partial charge in [0.25, 0.3) is 5.91 Å². The van der Waals surface area contributed by atoms with Gasteiger partial charge in [-0.1, -0.05) is 6.07 Å². The van der Waals surface area contributed by atoms with Crippen molar-refractivity contribution in [2.24, 2.45) is 0 Å². The quantitative estimate of drug-likeness (QED) is 0.804. The number of aromatic nitrogens is 1. The second-order valence-electron chi connectivity index (χ2n) is 5.02. The molecule has 5 nitrogen and oxygen atoms in total. The molecule has 1 heterocycles. The van der Waals surface area contributed by atoms with Crippen LogP contribution in [0.15, 0.2) is 36.4 Å². The molecular formula is C17H17FN4O. The molecule has 0 saturated carbocycles. The molecule has 0 unspecified atom stereocenters. The van der Waals surface area contributed by atoms with Gasteiger partial charge >= 0.3 is 0 Å². The molecule has 2 rings (SSSR count). The predicted molar refractivity (Wildman–Crippen MR) is 85.5 cm³/mol. The number of benzene rings is 1. The zero-order chi connectivity index (χ0) is 16.7. The van der Waals surface area contributed by atoms with Crippen molar-refractivity contribution in [3.8, 4) is 6.07 Å². The van der Waals surface area contributed by atoms with Crippen LogP contribution in [0.25, 0.3) is 0 Å². The van der Waals surface area contributed by atoms with Crippen molar-refractivity contribution in [3.63, 3.8) is 0 Å². The lowest BCUT2D eigenvalue weighted by molar-refractivity contribution is 0.0953. The zero-order valence-electron chi connectivity index (χ0n) is 12.8. The van der Waals surface area contributed by atoms with Crippen molar-refractivity contribution in [3.05, 3.63) is 59.0 Å². The van der Waals surface area contributed by atoms with Gasteiger partial charge in [0.1, 0.15) is 23.4 Å². The Kier molecular flexibility index (Phi) is 5.64. The number of rotatable bonds is 6. The maximum Gasteiger partial charge on any atom is 0.251 e. The van der Waals surface area contributed by atoms with Gasteiger partial charge in [-0.05, 0) is 49.2 Å². The number of halogens is 1. The zero-order valence-corrected chi connectivity index (χ0v) is 12.8. The van der Waals surface area contributed by atoms with Crippen molar-refractivity contribution < 1.29 is 9.18 Å². The highest BCUT2D eigenvalue weighted by atomic mass is 19.1. The third-order valence-corrected chi connectivity index (χ3v) is 3.25. The predicted octanol–water partition coefficient (Wildman–Crippen LogP) is 2.63. The molecule has 0 bridgehead atoms. The minimum atomic E-state index is -0.368. The van der Waals surface area contributed by atoms with Crippen molar-refractivity contribution >= 4 is 11.7 Å². The average Bonchev–Trinajstić information content (AvgIpc) is 2.56. The van der Waals surface area contributed by atoms with Crippen LogP contribution in [0.2, 0.25) is 0 Å². The van der Waals surface area contributed by atoms with Crippen LogP contribution >= 0.6 is 0 Å². The lowest BCUT2D eigenvalue weighted by Gasteiger charge is -2.08. The molecule has 118 valence electrons. The lowest BCUT2D eigenvalue weighted by Crippen LogP contribution is -2.25. The van der Waals surface area contributed by atoms with E-state index >= 15 is 0 Å². The second kappa shape index (κ2) is 7.90. The summed E-state index contributed by atoms with van der Waals surface area (Å²) in [6, 6.07) is 11.1. The first-order valence-corrected chi connectivity index (χ1v) is 7.25. The Hall–Kier alpha value is -2.94. The molecule has 2 aromatic rings. The number of nitriles is 1. The van der Waals surface area contributed by atoms with E-state index in [9.17, 15) is 9.18 Å². The molecule has 0 aliphatic carbocycles. The maximum absolute atomic E-state index is 12.8. The van der Waals surface area contributed by atoms with Gasteiger partial charge in [0.05, 0.1) is 0 Å². The van der Waals surface area contributed by atoms with Crippen molar-refractivity contribution in [1.29, 1.82) is 5.26 Å². The molecule has 1 aromatic heterocycles. The third kappa shape index (κ3) is 4.78. The first kappa shape index (κ1) is 16.4. The molecule has 23 heavy (non-hydrogen) atoms. The maximum atomic E-state index is 12.8. The molecule has 6 heteroatoms. The van der Waals surface area contributed by atoms with Gasteiger partial charge in [-0.25, -0.2) is 9.37 Å². The molecule has 0 radical (unpaired) electrons. The standard InChI is InChI=1S/C17H17FN4O/c1-12-3-8-16(22-15(12)11-19)20-9-2-10-21-17(23)13-4-6-14(18)7-5-13/h3-8H,2,9-10H2,1H3,(H,20,22)(H,21,23). The minimum Gasteiger partial charge on any atom is -0.370 e. The van der Waals surface area contributed by atoms with Crippen molar-refractivity contribution in [1.82, 2.24) is 10.3 Å². The van der Waals surface area contributed by atoms with E-state index in [-0.39, 0.29) is 11.7 Å². The summed E-state index contributed by atoms with van der Waals surface area (Å²) in [5.41, 5.74) is 1.67. The Bertz CT molecular complexity index is 722. The molecule has 0 fully saturated rings. The Morgan fingerprint density at radius 3 is 2.65 bits per heavy atom. The normalized spacial score (nSPS) is 9.96. The minimum absolute atomic E-state index is 0.231. The number of nitrogens with one attached hydrogen (secondary N) is 2. The highest BCUT2D eigenvalue weighted by molar-refractivity contribution is 5.94. The molecule has 0 saturated heterocycles. The largest absolute Gasteiger partial charge is 0.370 e. The Morgan fingerprint density at radius 2 is 1.96 bits per heavy atom. The average molecular weight is 312 g/mol. The third-order valence-electron chi connectivity index (χ3n) is 3.25. The molecule has 1 aromatic carbocycles. The molecule has 2 N–H and O–H groups in total. The van der Waals surface area contributed by atoms with Crippen LogP contribution in [-0.4, -0.2) is 24.0 Å². The van der Waals surface area contributed by atoms with Crippen LogP contribution in [0.5, 0.6) is 0 Å².